The van der Waals surface area contributed by atoms with Gasteiger partial charge in [-0.2, -0.15) is 5.26 Å². The summed E-state index contributed by atoms with van der Waals surface area (Å²) in [7, 11) is 0. The number of nitrogens with one attached hydrogen (secondary N) is 1. The van der Waals surface area contributed by atoms with Crippen molar-refractivity contribution in [2.45, 2.75) is 6.92 Å². The minimum absolute atomic E-state index is 0.0839. The van der Waals surface area contributed by atoms with E-state index in [2.05, 4.69) is 15.5 Å². The second-order valence-electron chi connectivity index (χ2n) is 6.77. The zero-order valence-electron chi connectivity index (χ0n) is 17.5. The summed E-state index contributed by atoms with van der Waals surface area (Å²) in [5, 5.41) is 20.9. The predicted octanol–water partition coefficient (Wildman–Crippen LogP) is 5.08. The largest absolute Gasteiger partial charge is 0.494 e. The van der Waals surface area contributed by atoms with Crippen LogP contribution in [-0.4, -0.2) is 27.3 Å². The van der Waals surface area contributed by atoms with Crippen molar-refractivity contribution in [1.29, 1.82) is 5.26 Å². The normalized spacial score (nSPS) is 11.1. The first-order chi connectivity index (χ1) is 16.1. The maximum atomic E-state index is 13.1. The molecule has 2 aromatic carbocycles. The molecule has 2 heterocycles. The van der Waals surface area contributed by atoms with Gasteiger partial charge in [-0.1, -0.05) is 11.3 Å². The summed E-state index contributed by atoms with van der Waals surface area (Å²) in [6.45, 7) is 2.50. The number of aromatic nitrogens is 3. The van der Waals surface area contributed by atoms with Crippen molar-refractivity contribution in [2.75, 3.05) is 11.9 Å². The van der Waals surface area contributed by atoms with Crippen LogP contribution in [0, 0.1) is 17.1 Å². The van der Waals surface area contributed by atoms with Gasteiger partial charge in [0.2, 0.25) is 5.13 Å². The number of amides is 1. The van der Waals surface area contributed by atoms with Crippen molar-refractivity contribution in [2.24, 2.45) is 0 Å². The van der Waals surface area contributed by atoms with E-state index in [9.17, 15) is 14.4 Å². The number of ether oxygens (including phenoxy) is 1. The van der Waals surface area contributed by atoms with E-state index in [1.54, 1.807) is 18.2 Å². The van der Waals surface area contributed by atoms with E-state index in [1.807, 2.05) is 54.1 Å². The Morgan fingerprint density at radius 3 is 2.64 bits per heavy atom. The second kappa shape index (κ2) is 9.89. The van der Waals surface area contributed by atoms with Gasteiger partial charge in [0, 0.05) is 23.1 Å². The molecule has 0 radical (unpaired) electrons. The summed E-state index contributed by atoms with van der Waals surface area (Å²) >= 11 is 1.13. The van der Waals surface area contributed by atoms with Crippen molar-refractivity contribution < 1.29 is 13.9 Å². The molecule has 33 heavy (non-hydrogen) atoms. The zero-order chi connectivity index (χ0) is 23.2. The van der Waals surface area contributed by atoms with Crippen molar-refractivity contribution in [1.82, 2.24) is 14.8 Å². The molecule has 0 atom stereocenters. The van der Waals surface area contributed by atoms with Crippen molar-refractivity contribution >= 4 is 28.5 Å². The molecule has 164 valence electrons. The molecule has 0 aliphatic heterocycles. The molecule has 4 rings (SSSR count). The summed E-state index contributed by atoms with van der Waals surface area (Å²) < 4.78 is 20.4. The summed E-state index contributed by atoms with van der Waals surface area (Å²) in [6.07, 6.45) is 3.35. The molecule has 0 unspecified atom stereocenters. The lowest BCUT2D eigenvalue weighted by Crippen LogP contribution is -2.13. The van der Waals surface area contributed by atoms with Gasteiger partial charge in [0.05, 0.1) is 6.61 Å². The first-order valence-corrected chi connectivity index (χ1v) is 10.8. The molecule has 0 aliphatic rings. The van der Waals surface area contributed by atoms with Crippen LogP contribution in [0.15, 0.2) is 72.4 Å². The van der Waals surface area contributed by atoms with Crippen molar-refractivity contribution in [3.05, 3.63) is 83.9 Å². The molecule has 9 heteroatoms. The molecule has 0 fully saturated rings. The Balaban J connectivity index is 1.52. The SMILES string of the molecule is CCOc1ccc(-n2cccc2/C=C(/C#N)C(=O)Nc2nnc(-c3ccc(F)cc3)s2)cc1. The number of rotatable bonds is 7. The van der Waals surface area contributed by atoms with Gasteiger partial charge in [0.25, 0.3) is 5.91 Å². The van der Waals surface area contributed by atoms with Gasteiger partial charge in [-0.15, -0.1) is 10.2 Å². The number of carbonyl (C=O) groups is 1. The summed E-state index contributed by atoms with van der Waals surface area (Å²) in [5.74, 6) is -0.186. The number of benzene rings is 2. The van der Waals surface area contributed by atoms with Gasteiger partial charge >= 0.3 is 0 Å². The highest BCUT2D eigenvalue weighted by Crippen LogP contribution is 2.27. The second-order valence-corrected chi connectivity index (χ2v) is 7.75. The third-order valence-corrected chi connectivity index (χ3v) is 5.49. The summed E-state index contributed by atoms with van der Waals surface area (Å²) in [5.41, 5.74) is 2.12. The lowest BCUT2D eigenvalue weighted by Gasteiger charge is -2.09. The Labute approximate surface area is 193 Å². The van der Waals surface area contributed by atoms with Crippen molar-refractivity contribution in [3.8, 4) is 28.1 Å². The number of halogens is 1. The fourth-order valence-corrected chi connectivity index (χ4v) is 3.80. The Hall–Kier alpha value is -4.29. The zero-order valence-corrected chi connectivity index (χ0v) is 18.3. The van der Waals surface area contributed by atoms with Gasteiger partial charge in [-0.3, -0.25) is 10.1 Å². The Morgan fingerprint density at radius 2 is 1.94 bits per heavy atom. The lowest BCUT2D eigenvalue weighted by atomic mass is 10.2. The maximum absolute atomic E-state index is 13.1. The van der Waals surface area contributed by atoms with Crippen molar-refractivity contribution in [3.63, 3.8) is 0 Å². The van der Waals surface area contributed by atoms with E-state index in [1.165, 1.54) is 18.2 Å². The van der Waals surface area contributed by atoms with E-state index in [0.29, 0.717) is 22.9 Å². The number of nitrogens with zero attached hydrogens (tertiary/aromatic N) is 4. The van der Waals surface area contributed by atoms with Gasteiger partial charge in [-0.05, 0) is 73.7 Å². The monoisotopic (exact) mass is 459 g/mol. The Morgan fingerprint density at radius 1 is 1.18 bits per heavy atom. The topological polar surface area (TPSA) is 92.8 Å². The van der Waals surface area contributed by atoms with E-state index in [-0.39, 0.29) is 16.5 Å². The number of anilines is 1. The van der Waals surface area contributed by atoms with E-state index in [4.69, 9.17) is 4.74 Å². The van der Waals surface area contributed by atoms with Crippen LogP contribution in [0.3, 0.4) is 0 Å². The standard InChI is InChI=1S/C24H18FN5O2S/c1-2-32-21-11-9-19(10-12-21)30-13-3-4-20(30)14-17(15-26)22(31)27-24-29-28-23(33-24)16-5-7-18(25)8-6-16/h3-14H,2H2,1H3,(H,27,29,31)/b17-14-. The number of hydrogen-bond acceptors (Lipinski definition) is 6. The Bertz CT molecular complexity index is 1330. The minimum Gasteiger partial charge on any atom is -0.494 e. The number of hydrogen-bond donors (Lipinski definition) is 1. The minimum atomic E-state index is -0.598. The third kappa shape index (κ3) is 5.14. The molecule has 0 spiro atoms. The molecular formula is C24H18FN5O2S. The number of carbonyl (C=O) groups excluding carboxylic acids is 1. The smallest absolute Gasteiger partial charge is 0.268 e. The first-order valence-electron chi connectivity index (χ1n) is 10.0. The molecule has 0 aliphatic carbocycles. The highest BCUT2D eigenvalue weighted by Gasteiger charge is 2.15. The Kier molecular flexibility index (Phi) is 6.57. The molecule has 2 aromatic heterocycles. The first kappa shape index (κ1) is 21.9. The van der Waals surface area contributed by atoms with E-state index < -0.39 is 5.91 Å². The average Bonchev–Trinajstić information content (AvgIpc) is 3.48. The quantitative estimate of drug-likeness (QED) is 0.307. The summed E-state index contributed by atoms with van der Waals surface area (Å²) in [4.78, 5) is 12.7. The molecule has 4 aromatic rings. The highest BCUT2D eigenvalue weighted by molar-refractivity contribution is 7.18. The van der Waals surface area contributed by atoms with E-state index in [0.717, 1.165) is 22.8 Å². The predicted molar refractivity (Wildman–Crippen MR) is 124 cm³/mol. The molecule has 1 N–H and O–H groups in total. The molecule has 0 bridgehead atoms. The van der Waals surface area contributed by atoms with Crippen LogP contribution >= 0.6 is 11.3 Å². The van der Waals surface area contributed by atoms with Gasteiger partial charge < -0.3 is 9.30 Å². The van der Waals surface area contributed by atoms with Crippen LogP contribution in [-0.2, 0) is 4.79 Å². The van der Waals surface area contributed by atoms with Crippen LogP contribution in [0.25, 0.3) is 22.3 Å². The third-order valence-electron chi connectivity index (χ3n) is 4.60. The van der Waals surface area contributed by atoms with Gasteiger partial charge in [0.15, 0.2) is 0 Å². The highest BCUT2D eigenvalue weighted by atomic mass is 32.1. The van der Waals surface area contributed by atoms with Gasteiger partial charge in [-0.25, -0.2) is 4.39 Å². The van der Waals surface area contributed by atoms with Crippen LogP contribution in [0.5, 0.6) is 5.75 Å². The van der Waals surface area contributed by atoms with Crippen LogP contribution in [0.2, 0.25) is 0 Å². The fourth-order valence-electron chi connectivity index (χ4n) is 3.06. The van der Waals surface area contributed by atoms with Crippen LogP contribution in [0.1, 0.15) is 12.6 Å². The molecular weight excluding hydrogens is 441 g/mol. The van der Waals surface area contributed by atoms with E-state index >= 15 is 0 Å². The average molecular weight is 460 g/mol. The molecule has 7 nitrogen and oxygen atoms in total. The number of nitriles is 1. The maximum Gasteiger partial charge on any atom is 0.268 e. The lowest BCUT2D eigenvalue weighted by molar-refractivity contribution is -0.112. The van der Waals surface area contributed by atoms with Crippen LogP contribution in [0.4, 0.5) is 9.52 Å². The molecule has 0 saturated carbocycles. The van der Waals surface area contributed by atoms with Gasteiger partial charge in [0.1, 0.15) is 28.2 Å². The molecule has 0 saturated heterocycles. The summed E-state index contributed by atoms with van der Waals surface area (Å²) in [6, 6.07) is 18.9. The molecule has 1 amide bonds. The fraction of sp³-hybridized carbons (Fsp3) is 0.0833. The van der Waals surface area contributed by atoms with Crippen LogP contribution < -0.4 is 10.1 Å².